The van der Waals surface area contributed by atoms with E-state index in [2.05, 4.69) is 34.6 Å². The topological polar surface area (TPSA) is 59.8 Å². The van der Waals surface area contributed by atoms with E-state index < -0.39 is 11.9 Å². The second-order valence-corrected chi connectivity index (χ2v) is 8.87. The highest BCUT2D eigenvalue weighted by molar-refractivity contribution is 7.98. The molecule has 1 heterocycles. The lowest BCUT2D eigenvalue weighted by Gasteiger charge is -2.17. The van der Waals surface area contributed by atoms with E-state index in [0.717, 1.165) is 22.2 Å². The van der Waals surface area contributed by atoms with Gasteiger partial charge in [0.15, 0.2) is 11.0 Å². The highest BCUT2D eigenvalue weighted by Gasteiger charge is 2.22. The molecule has 1 amide bonds. The van der Waals surface area contributed by atoms with Crippen LogP contribution in [-0.4, -0.2) is 20.7 Å². The molecule has 0 saturated heterocycles. The molecule has 1 aromatic heterocycles. The number of hydrogen-bond acceptors (Lipinski definition) is 4. The van der Waals surface area contributed by atoms with Gasteiger partial charge < -0.3 is 5.32 Å². The van der Waals surface area contributed by atoms with Gasteiger partial charge in [0, 0.05) is 17.0 Å². The predicted molar refractivity (Wildman–Crippen MR) is 129 cm³/mol. The molecule has 0 spiro atoms. The summed E-state index contributed by atoms with van der Waals surface area (Å²) < 4.78 is 15.5. The van der Waals surface area contributed by atoms with Gasteiger partial charge in [0.1, 0.15) is 5.82 Å². The molecule has 168 valence electrons. The van der Waals surface area contributed by atoms with Crippen LogP contribution in [0.4, 0.5) is 4.39 Å². The van der Waals surface area contributed by atoms with Crippen LogP contribution >= 0.6 is 11.8 Å². The molecule has 7 heteroatoms. The van der Waals surface area contributed by atoms with Crippen LogP contribution in [-0.2, 0) is 5.75 Å². The van der Waals surface area contributed by atoms with Crippen molar-refractivity contribution in [2.45, 2.75) is 37.7 Å². The van der Waals surface area contributed by atoms with Crippen molar-refractivity contribution in [3.8, 4) is 5.69 Å². The van der Waals surface area contributed by atoms with E-state index in [0.29, 0.717) is 5.82 Å². The summed E-state index contributed by atoms with van der Waals surface area (Å²) in [5.74, 6) is 0.541. The van der Waals surface area contributed by atoms with E-state index in [4.69, 9.17) is 0 Å². The number of thioether (sulfide) groups is 1. The summed E-state index contributed by atoms with van der Waals surface area (Å²) in [6.07, 6.45) is 0. The first-order valence-electron chi connectivity index (χ1n) is 10.7. The Morgan fingerprint density at radius 3 is 2.52 bits per heavy atom. The van der Waals surface area contributed by atoms with E-state index >= 15 is 0 Å². The van der Waals surface area contributed by atoms with Crippen molar-refractivity contribution < 1.29 is 9.18 Å². The Hall–Kier alpha value is -3.45. The maximum Gasteiger partial charge on any atom is 0.251 e. The number of halogens is 1. The Morgan fingerprint density at radius 2 is 1.79 bits per heavy atom. The molecule has 1 atom stereocenters. The summed E-state index contributed by atoms with van der Waals surface area (Å²) in [5, 5.41) is 12.5. The Labute approximate surface area is 197 Å². The molecular weight excluding hydrogens is 435 g/mol. The Kier molecular flexibility index (Phi) is 6.89. The van der Waals surface area contributed by atoms with Crippen molar-refractivity contribution in [3.05, 3.63) is 107 Å². The molecule has 0 fully saturated rings. The van der Waals surface area contributed by atoms with Crippen LogP contribution in [0.2, 0.25) is 0 Å². The van der Waals surface area contributed by atoms with Gasteiger partial charge in [-0.05, 0) is 62.2 Å². The number of carbonyl (C=O) groups excluding carboxylic acids is 1. The van der Waals surface area contributed by atoms with Gasteiger partial charge in [0.05, 0.1) is 6.04 Å². The SMILES string of the molecule is Cc1ccc(-n2c(SCc3ccccc3C)nnc2C(C)NC(=O)c2cccc(F)c2)cc1. The molecule has 0 saturated carbocycles. The standard InChI is InChI=1S/C26H25FN4OS/c1-17-11-13-23(14-12-17)31-24(19(3)28-25(32)20-9-6-10-22(27)15-20)29-30-26(31)33-16-21-8-5-4-7-18(21)2/h4-15,19H,16H2,1-3H3,(H,28,32). The fourth-order valence-corrected chi connectivity index (χ4v) is 4.52. The van der Waals surface area contributed by atoms with Crippen molar-refractivity contribution in [3.63, 3.8) is 0 Å². The molecule has 4 rings (SSSR count). The number of carbonyl (C=O) groups is 1. The van der Waals surface area contributed by atoms with Crippen LogP contribution < -0.4 is 5.32 Å². The fourth-order valence-electron chi connectivity index (χ4n) is 3.48. The molecule has 0 aliphatic carbocycles. The lowest BCUT2D eigenvalue weighted by Crippen LogP contribution is -2.28. The molecule has 3 aromatic carbocycles. The fraction of sp³-hybridized carbons (Fsp3) is 0.192. The molecular formula is C26H25FN4OS. The van der Waals surface area contributed by atoms with Crippen molar-refractivity contribution in [2.24, 2.45) is 0 Å². The summed E-state index contributed by atoms with van der Waals surface area (Å²) in [6.45, 7) is 5.98. The van der Waals surface area contributed by atoms with Gasteiger partial charge >= 0.3 is 0 Å². The summed E-state index contributed by atoms with van der Waals surface area (Å²) in [7, 11) is 0. The lowest BCUT2D eigenvalue weighted by atomic mass is 10.1. The van der Waals surface area contributed by atoms with Crippen LogP contribution in [0, 0.1) is 19.7 Å². The minimum absolute atomic E-state index is 0.261. The van der Waals surface area contributed by atoms with Gasteiger partial charge in [-0.15, -0.1) is 10.2 Å². The Morgan fingerprint density at radius 1 is 1.03 bits per heavy atom. The van der Waals surface area contributed by atoms with Crippen LogP contribution in [0.5, 0.6) is 0 Å². The highest BCUT2D eigenvalue weighted by atomic mass is 32.2. The second-order valence-electron chi connectivity index (χ2n) is 7.93. The number of nitrogens with one attached hydrogen (secondary N) is 1. The molecule has 5 nitrogen and oxygen atoms in total. The largest absolute Gasteiger partial charge is 0.342 e. The summed E-state index contributed by atoms with van der Waals surface area (Å²) in [4.78, 5) is 12.7. The van der Waals surface area contributed by atoms with Crippen LogP contribution in [0.3, 0.4) is 0 Å². The van der Waals surface area contributed by atoms with E-state index in [1.54, 1.807) is 17.8 Å². The van der Waals surface area contributed by atoms with E-state index in [-0.39, 0.29) is 11.5 Å². The summed E-state index contributed by atoms with van der Waals surface area (Å²) in [6, 6.07) is 21.5. The zero-order valence-electron chi connectivity index (χ0n) is 18.7. The minimum Gasteiger partial charge on any atom is -0.342 e. The van der Waals surface area contributed by atoms with Gasteiger partial charge in [-0.3, -0.25) is 9.36 Å². The van der Waals surface area contributed by atoms with Gasteiger partial charge in [-0.1, -0.05) is 59.8 Å². The molecule has 0 radical (unpaired) electrons. The second kappa shape index (κ2) is 10.0. The first-order chi connectivity index (χ1) is 15.9. The number of benzene rings is 3. The van der Waals surface area contributed by atoms with E-state index in [1.165, 1.54) is 29.3 Å². The number of rotatable bonds is 7. The quantitative estimate of drug-likeness (QED) is 0.354. The molecule has 1 N–H and O–H groups in total. The molecule has 0 aliphatic heterocycles. The Bertz CT molecular complexity index is 1270. The first kappa shape index (κ1) is 22.7. The molecule has 4 aromatic rings. The summed E-state index contributed by atoms with van der Waals surface area (Å²) in [5.41, 5.74) is 4.78. The maximum absolute atomic E-state index is 13.6. The monoisotopic (exact) mass is 460 g/mol. The van der Waals surface area contributed by atoms with Crippen molar-refractivity contribution in [1.82, 2.24) is 20.1 Å². The minimum atomic E-state index is -0.451. The highest BCUT2D eigenvalue weighted by Crippen LogP contribution is 2.28. The van der Waals surface area contributed by atoms with E-state index in [1.807, 2.05) is 54.8 Å². The zero-order chi connectivity index (χ0) is 23.4. The lowest BCUT2D eigenvalue weighted by molar-refractivity contribution is 0.0937. The van der Waals surface area contributed by atoms with Crippen LogP contribution in [0.1, 0.15) is 45.8 Å². The third-order valence-electron chi connectivity index (χ3n) is 5.39. The maximum atomic E-state index is 13.6. The summed E-state index contributed by atoms with van der Waals surface area (Å²) >= 11 is 1.60. The zero-order valence-corrected chi connectivity index (χ0v) is 19.6. The number of nitrogens with zero attached hydrogens (tertiary/aromatic N) is 3. The third kappa shape index (κ3) is 5.31. The predicted octanol–water partition coefficient (Wildman–Crippen LogP) is 5.81. The number of aryl methyl sites for hydroxylation is 2. The third-order valence-corrected chi connectivity index (χ3v) is 6.37. The van der Waals surface area contributed by atoms with E-state index in [9.17, 15) is 9.18 Å². The van der Waals surface area contributed by atoms with Gasteiger partial charge in [0.2, 0.25) is 0 Å². The van der Waals surface area contributed by atoms with Gasteiger partial charge in [0.25, 0.3) is 5.91 Å². The van der Waals surface area contributed by atoms with Crippen molar-refractivity contribution in [1.29, 1.82) is 0 Å². The average Bonchev–Trinajstić information content (AvgIpc) is 3.23. The van der Waals surface area contributed by atoms with Crippen molar-refractivity contribution in [2.75, 3.05) is 0 Å². The number of amides is 1. The van der Waals surface area contributed by atoms with Crippen LogP contribution in [0.25, 0.3) is 5.69 Å². The molecule has 0 bridgehead atoms. The molecule has 0 aliphatic rings. The van der Waals surface area contributed by atoms with Crippen LogP contribution in [0.15, 0.2) is 78.0 Å². The average molecular weight is 461 g/mol. The normalized spacial score (nSPS) is 11.9. The smallest absolute Gasteiger partial charge is 0.251 e. The molecule has 33 heavy (non-hydrogen) atoms. The molecule has 1 unspecified atom stereocenters. The number of hydrogen-bond donors (Lipinski definition) is 1. The number of aromatic nitrogens is 3. The van der Waals surface area contributed by atoms with Gasteiger partial charge in [-0.2, -0.15) is 0 Å². The first-order valence-corrected chi connectivity index (χ1v) is 11.7. The van der Waals surface area contributed by atoms with Gasteiger partial charge in [-0.25, -0.2) is 4.39 Å². The Balaban J connectivity index is 1.63. The van der Waals surface area contributed by atoms with Crippen molar-refractivity contribution >= 4 is 17.7 Å².